The molecule has 0 aromatic rings. The Balaban J connectivity index is 4.36. The Morgan fingerprint density at radius 2 is 1.82 bits per heavy atom. The zero-order chi connectivity index (χ0) is 8.85. The van der Waals surface area contributed by atoms with Gasteiger partial charge in [-0.05, 0) is 33.8 Å². The molecule has 62 valence electrons. The van der Waals surface area contributed by atoms with E-state index in [-0.39, 0.29) is 0 Å². The van der Waals surface area contributed by atoms with E-state index in [0.29, 0.717) is 5.84 Å². The third kappa shape index (κ3) is 5.40. The van der Waals surface area contributed by atoms with Crippen LogP contribution in [0.3, 0.4) is 0 Å². The summed E-state index contributed by atoms with van der Waals surface area (Å²) in [6, 6.07) is 0. The van der Waals surface area contributed by atoms with Gasteiger partial charge in [-0.25, -0.2) is 4.99 Å². The third-order valence-corrected chi connectivity index (χ3v) is 1.24. The van der Waals surface area contributed by atoms with Crippen LogP contribution in [0.5, 0.6) is 0 Å². The molecule has 0 heterocycles. The molecular weight excluding hydrogens is 136 g/mol. The summed E-state index contributed by atoms with van der Waals surface area (Å²) in [4.78, 5) is 4.08. The predicted molar refractivity (Wildman–Crippen MR) is 50.5 cm³/mol. The number of nitrogens with zero attached hydrogens (tertiary/aromatic N) is 1. The van der Waals surface area contributed by atoms with E-state index in [2.05, 4.69) is 4.99 Å². The Labute approximate surface area is 68.5 Å². The summed E-state index contributed by atoms with van der Waals surface area (Å²) in [5.74, 6) is 0.600. The number of nitrogens with two attached hydrogens (primary N) is 1. The molecule has 2 N–H and O–H groups in total. The molecule has 0 bridgehead atoms. The van der Waals surface area contributed by atoms with Gasteiger partial charge < -0.3 is 5.73 Å². The molecule has 0 spiro atoms. The van der Waals surface area contributed by atoms with E-state index < -0.39 is 0 Å². The second-order valence-electron chi connectivity index (χ2n) is 2.57. The summed E-state index contributed by atoms with van der Waals surface area (Å²) in [5.41, 5.74) is 7.55. The molecule has 0 atom stereocenters. The Bertz CT molecular complexity index is 206. The molecule has 0 aromatic heterocycles. The van der Waals surface area contributed by atoms with Gasteiger partial charge in [0.25, 0.3) is 0 Å². The molecule has 0 amide bonds. The van der Waals surface area contributed by atoms with Gasteiger partial charge in [-0.3, -0.25) is 0 Å². The standard InChI is InChI=1S/C9H16N2/c1-5-7(2)6-8(3)11-9(4)10/h5-6H,1-4H3,(H2,10,11)/b7-5-,8-6-. The van der Waals surface area contributed by atoms with E-state index in [4.69, 9.17) is 5.73 Å². The van der Waals surface area contributed by atoms with Crippen molar-refractivity contribution in [2.24, 2.45) is 10.7 Å². The van der Waals surface area contributed by atoms with E-state index in [1.54, 1.807) is 6.92 Å². The maximum absolute atomic E-state index is 5.40. The molecule has 11 heavy (non-hydrogen) atoms. The van der Waals surface area contributed by atoms with Crippen LogP contribution in [-0.2, 0) is 0 Å². The molecule has 2 heteroatoms. The molecule has 0 aliphatic heterocycles. The van der Waals surface area contributed by atoms with Gasteiger partial charge in [-0.15, -0.1) is 0 Å². The van der Waals surface area contributed by atoms with Gasteiger partial charge in [0.05, 0.1) is 5.84 Å². The normalized spacial score (nSPS) is 15.5. The van der Waals surface area contributed by atoms with Crippen molar-refractivity contribution in [1.82, 2.24) is 0 Å². The fourth-order valence-corrected chi connectivity index (χ4v) is 0.723. The second kappa shape index (κ2) is 4.72. The van der Waals surface area contributed by atoms with Crippen LogP contribution in [0.1, 0.15) is 27.7 Å². The summed E-state index contributed by atoms with van der Waals surface area (Å²) in [6.45, 7) is 7.74. The molecule has 2 nitrogen and oxygen atoms in total. The highest BCUT2D eigenvalue weighted by molar-refractivity contribution is 5.78. The lowest BCUT2D eigenvalue weighted by Gasteiger charge is -1.94. The maximum atomic E-state index is 5.40. The summed E-state index contributed by atoms with van der Waals surface area (Å²) in [7, 11) is 0. The first-order chi connectivity index (χ1) is 5.06. The molecule has 0 unspecified atom stereocenters. The monoisotopic (exact) mass is 152 g/mol. The van der Waals surface area contributed by atoms with Crippen molar-refractivity contribution in [3.63, 3.8) is 0 Å². The van der Waals surface area contributed by atoms with Gasteiger partial charge in [0, 0.05) is 5.70 Å². The van der Waals surface area contributed by atoms with Gasteiger partial charge in [0.2, 0.25) is 0 Å². The van der Waals surface area contributed by atoms with Crippen molar-refractivity contribution < 1.29 is 0 Å². The van der Waals surface area contributed by atoms with Crippen LogP contribution in [-0.4, -0.2) is 5.84 Å². The van der Waals surface area contributed by atoms with Crippen LogP contribution >= 0.6 is 0 Å². The first-order valence-electron chi connectivity index (χ1n) is 3.68. The fraction of sp³-hybridized carbons (Fsp3) is 0.444. The zero-order valence-corrected chi connectivity index (χ0v) is 7.68. The number of hydrogen-bond acceptors (Lipinski definition) is 1. The van der Waals surface area contributed by atoms with E-state index in [0.717, 1.165) is 5.70 Å². The lowest BCUT2D eigenvalue weighted by Crippen LogP contribution is -2.04. The smallest absolute Gasteiger partial charge is 0.0960 e. The largest absolute Gasteiger partial charge is 0.387 e. The fourth-order valence-electron chi connectivity index (χ4n) is 0.723. The zero-order valence-electron chi connectivity index (χ0n) is 7.68. The lowest BCUT2D eigenvalue weighted by atomic mass is 10.2. The van der Waals surface area contributed by atoms with Gasteiger partial charge in [-0.2, -0.15) is 0 Å². The van der Waals surface area contributed by atoms with Crippen molar-refractivity contribution in [3.05, 3.63) is 23.4 Å². The molecule has 0 aliphatic carbocycles. The Morgan fingerprint density at radius 1 is 1.27 bits per heavy atom. The topological polar surface area (TPSA) is 38.4 Å². The Kier molecular flexibility index (Phi) is 4.27. The highest BCUT2D eigenvalue weighted by Gasteiger charge is 1.85. The van der Waals surface area contributed by atoms with Crippen molar-refractivity contribution in [2.45, 2.75) is 27.7 Å². The highest BCUT2D eigenvalue weighted by atomic mass is 14.8. The number of amidine groups is 1. The average molecular weight is 152 g/mol. The highest BCUT2D eigenvalue weighted by Crippen LogP contribution is 2.01. The van der Waals surface area contributed by atoms with Crippen molar-refractivity contribution in [3.8, 4) is 0 Å². The van der Waals surface area contributed by atoms with E-state index in [1.165, 1.54) is 5.57 Å². The van der Waals surface area contributed by atoms with Crippen LogP contribution in [0.25, 0.3) is 0 Å². The van der Waals surface area contributed by atoms with E-state index in [1.807, 2.05) is 32.9 Å². The predicted octanol–water partition coefficient (Wildman–Crippen LogP) is 2.23. The molecule has 0 aliphatic rings. The lowest BCUT2D eigenvalue weighted by molar-refractivity contribution is 1.26. The Morgan fingerprint density at radius 3 is 2.18 bits per heavy atom. The molecule has 0 saturated heterocycles. The number of hydrogen-bond donors (Lipinski definition) is 1. The van der Waals surface area contributed by atoms with Crippen molar-refractivity contribution in [2.75, 3.05) is 0 Å². The minimum atomic E-state index is 0.600. The van der Waals surface area contributed by atoms with E-state index >= 15 is 0 Å². The Hall–Kier alpha value is -1.05. The van der Waals surface area contributed by atoms with Crippen molar-refractivity contribution >= 4 is 5.84 Å². The van der Waals surface area contributed by atoms with Crippen LogP contribution in [0, 0.1) is 0 Å². The van der Waals surface area contributed by atoms with Gasteiger partial charge in [-0.1, -0.05) is 11.6 Å². The van der Waals surface area contributed by atoms with Crippen LogP contribution in [0.15, 0.2) is 28.4 Å². The first-order valence-corrected chi connectivity index (χ1v) is 3.68. The third-order valence-electron chi connectivity index (χ3n) is 1.24. The first kappa shape index (κ1) is 9.95. The minimum absolute atomic E-state index is 0.600. The molecule has 0 aromatic carbocycles. The summed E-state index contributed by atoms with van der Waals surface area (Å²) in [6.07, 6.45) is 4.03. The van der Waals surface area contributed by atoms with Gasteiger partial charge in [0.15, 0.2) is 0 Å². The number of aliphatic imine (C=N–C) groups is 1. The minimum Gasteiger partial charge on any atom is -0.387 e. The second-order valence-corrected chi connectivity index (χ2v) is 2.57. The SMILES string of the molecule is C/C=C(C)\C=C(\C)N=C(C)N. The number of rotatable bonds is 2. The summed E-state index contributed by atoms with van der Waals surface area (Å²) >= 11 is 0. The van der Waals surface area contributed by atoms with Crippen LogP contribution in [0.2, 0.25) is 0 Å². The van der Waals surface area contributed by atoms with E-state index in [9.17, 15) is 0 Å². The average Bonchev–Trinajstić information content (AvgIpc) is 1.85. The molecule has 0 fully saturated rings. The molecule has 0 rings (SSSR count). The quantitative estimate of drug-likeness (QED) is 0.368. The van der Waals surface area contributed by atoms with Crippen molar-refractivity contribution in [1.29, 1.82) is 0 Å². The van der Waals surface area contributed by atoms with Gasteiger partial charge >= 0.3 is 0 Å². The summed E-state index contributed by atoms with van der Waals surface area (Å²) < 4.78 is 0. The van der Waals surface area contributed by atoms with Crippen LogP contribution in [0.4, 0.5) is 0 Å². The van der Waals surface area contributed by atoms with Gasteiger partial charge in [0.1, 0.15) is 0 Å². The van der Waals surface area contributed by atoms with Crippen LogP contribution < -0.4 is 5.73 Å². The molecular formula is C9H16N2. The molecule has 0 saturated carbocycles. The summed E-state index contributed by atoms with van der Waals surface area (Å²) in [5, 5.41) is 0. The maximum Gasteiger partial charge on any atom is 0.0960 e. The molecule has 0 radical (unpaired) electrons. The number of allylic oxidation sites excluding steroid dienone is 4.